The van der Waals surface area contributed by atoms with Crippen molar-refractivity contribution in [3.05, 3.63) is 5.69 Å². The van der Waals surface area contributed by atoms with Gasteiger partial charge in [0.1, 0.15) is 5.03 Å². The molecule has 0 fully saturated rings. The van der Waals surface area contributed by atoms with Crippen molar-refractivity contribution in [3.8, 4) is 6.07 Å². The Kier molecular flexibility index (Phi) is 3.31. The molecule has 7 heteroatoms. The van der Waals surface area contributed by atoms with E-state index in [9.17, 15) is 0 Å². The molecule has 2 aromatic heterocycles. The number of hydrogen-bond acceptors (Lipinski definition) is 6. The minimum absolute atomic E-state index is 0.298. The van der Waals surface area contributed by atoms with Gasteiger partial charge in [-0.05, 0) is 12.5 Å². The van der Waals surface area contributed by atoms with Gasteiger partial charge in [0.05, 0.1) is 23.6 Å². The first-order chi connectivity index (χ1) is 7.80. The molecule has 0 radical (unpaired) electrons. The van der Waals surface area contributed by atoms with Crippen LogP contribution in [0.5, 0.6) is 0 Å². The van der Waals surface area contributed by atoms with E-state index in [1.165, 1.54) is 23.5 Å². The molecule has 0 bridgehead atoms. The molecule has 0 aliphatic carbocycles. The van der Waals surface area contributed by atoms with Gasteiger partial charge in [0, 0.05) is 0 Å². The number of fused-ring (bicyclic) bond motifs is 1. The van der Waals surface area contributed by atoms with Gasteiger partial charge in [-0.2, -0.15) is 10.4 Å². The maximum atomic E-state index is 8.71. The molecule has 0 aromatic carbocycles. The lowest BCUT2D eigenvalue weighted by atomic mass is 10.2. The van der Waals surface area contributed by atoms with Gasteiger partial charge in [0.25, 0.3) is 0 Å². The standard InChI is InChI=1S/C9H9N5S2/c1-15-8-6-5(3-4-10)13-14-7(6)11-9(12-8)16-2/h3H2,1-2H3,(H,11,12,13,14). The predicted molar refractivity (Wildman–Crippen MR) is 64.6 cm³/mol. The van der Waals surface area contributed by atoms with E-state index in [0.717, 1.165) is 16.1 Å². The Labute approximate surface area is 101 Å². The molecule has 2 rings (SSSR count). The first-order valence-electron chi connectivity index (χ1n) is 4.50. The van der Waals surface area contributed by atoms with Crippen molar-refractivity contribution in [2.75, 3.05) is 12.5 Å². The van der Waals surface area contributed by atoms with Crippen LogP contribution in [0.25, 0.3) is 11.0 Å². The minimum Gasteiger partial charge on any atom is -0.279 e. The fourth-order valence-electron chi connectivity index (χ4n) is 1.38. The van der Waals surface area contributed by atoms with Crippen molar-refractivity contribution in [1.82, 2.24) is 20.2 Å². The molecule has 0 amide bonds. The number of nitrogens with zero attached hydrogens (tertiary/aromatic N) is 4. The van der Waals surface area contributed by atoms with Gasteiger partial charge in [-0.1, -0.05) is 11.8 Å². The zero-order valence-corrected chi connectivity index (χ0v) is 10.4. The molecule has 0 saturated heterocycles. The SMILES string of the molecule is CSc1nc(SC)c2c(CC#N)[nH]nc2n1. The predicted octanol–water partition coefficient (Wildman–Crippen LogP) is 1.86. The number of rotatable bonds is 3. The lowest BCUT2D eigenvalue weighted by Crippen LogP contribution is -1.91. The van der Waals surface area contributed by atoms with Crippen LogP contribution in [0.2, 0.25) is 0 Å². The molecule has 0 atom stereocenters. The summed E-state index contributed by atoms with van der Waals surface area (Å²) in [6.07, 6.45) is 4.18. The summed E-state index contributed by atoms with van der Waals surface area (Å²) >= 11 is 3.02. The van der Waals surface area contributed by atoms with E-state index < -0.39 is 0 Å². The van der Waals surface area contributed by atoms with Crippen molar-refractivity contribution in [3.63, 3.8) is 0 Å². The van der Waals surface area contributed by atoms with Crippen molar-refractivity contribution in [1.29, 1.82) is 5.26 Å². The summed E-state index contributed by atoms with van der Waals surface area (Å²) in [5.74, 6) is 0. The van der Waals surface area contributed by atoms with Crippen LogP contribution in [0.15, 0.2) is 10.2 Å². The zero-order chi connectivity index (χ0) is 11.5. The molecule has 0 aliphatic rings. The van der Waals surface area contributed by atoms with E-state index in [4.69, 9.17) is 5.26 Å². The highest BCUT2D eigenvalue weighted by atomic mass is 32.2. The molecule has 0 spiro atoms. The van der Waals surface area contributed by atoms with Gasteiger partial charge in [-0.25, -0.2) is 9.97 Å². The molecule has 5 nitrogen and oxygen atoms in total. The summed E-state index contributed by atoms with van der Waals surface area (Å²) in [7, 11) is 0. The smallest absolute Gasteiger partial charge is 0.190 e. The summed E-state index contributed by atoms with van der Waals surface area (Å²) in [5.41, 5.74) is 1.42. The van der Waals surface area contributed by atoms with E-state index in [1.54, 1.807) is 0 Å². The number of nitriles is 1. The molecule has 0 saturated carbocycles. The number of nitrogens with one attached hydrogen (secondary N) is 1. The number of thioether (sulfide) groups is 2. The Morgan fingerprint density at radius 2 is 2.12 bits per heavy atom. The van der Waals surface area contributed by atoms with Crippen LogP contribution >= 0.6 is 23.5 Å². The van der Waals surface area contributed by atoms with E-state index >= 15 is 0 Å². The Morgan fingerprint density at radius 1 is 1.31 bits per heavy atom. The molecule has 1 N–H and O–H groups in total. The molecule has 16 heavy (non-hydrogen) atoms. The second-order valence-corrected chi connectivity index (χ2v) is 4.52. The third-order valence-corrected chi connectivity index (χ3v) is 3.30. The average molecular weight is 251 g/mol. The highest BCUT2D eigenvalue weighted by Crippen LogP contribution is 2.27. The number of hydrogen-bond donors (Lipinski definition) is 1. The van der Waals surface area contributed by atoms with Crippen LogP contribution in [0.4, 0.5) is 0 Å². The molecule has 0 unspecified atom stereocenters. The Bertz CT molecular complexity index is 557. The number of aromatic nitrogens is 4. The largest absolute Gasteiger partial charge is 0.279 e. The van der Waals surface area contributed by atoms with Crippen LogP contribution in [0.1, 0.15) is 5.69 Å². The molecule has 82 valence electrons. The van der Waals surface area contributed by atoms with Gasteiger partial charge in [0.15, 0.2) is 10.8 Å². The minimum atomic E-state index is 0.298. The van der Waals surface area contributed by atoms with Crippen LogP contribution in [0, 0.1) is 11.3 Å². The van der Waals surface area contributed by atoms with Gasteiger partial charge in [-0.15, -0.1) is 11.8 Å². The summed E-state index contributed by atoms with van der Waals surface area (Å²) in [6.45, 7) is 0. The second kappa shape index (κ2) is 4.72. The number of aromatic amines is 1. The summed E-state index contributed by atoms with van der Waals surface area (Å²) < 4.78 is 0. The molecular formula is C9H9N5S2. The monoisotopic (exact) mass is 251 g/mol. The van der Waals surface area contributed by atoms with Gasteiger partial charge < -0.3 is 0 Å². The van der Waals surface area contributed by atoms with Crippen molar-refractivity contribution < 1.29 is 0 Å². The third-order valence-electron chi connectivity index (χ3n) is 2.07. The highest BCUT2D eigenvalue weighted by Gasteiger charge is 2.13. The van der Waals surface area contributed by atoms with Crippen molar-refractivity contribution in [2.24, 2.45) is 0 Å². The van der Waals surface area contributed by atoms with Crippen LogP contribution < -0.4 is 0 Å². The Hall–Kier alpha value is -1.26. The molecule has 2 aromatic rings. The average Bonchev–Trinajstić information content (AvgIpc) is 2.72. The van der Waals surface area contributed by atoms with E-state index in [0.29, 0.717) is 17.2 Å². The van der Waals surface area contributed by atoms with Gasteiger partial charge >= 0.3 is 0 Å². The Balaban J connectivity index is 2.68. The van der Waals surface area contributed by atoms with Crippen LogP contribution in [-0.4, -0.2) is 32.7 Å². The lowest BCUT2D eigenvalue weighted by Gasteiger charge is -2.01. The molecular weight excluding hydrogens is 242 g/mol. The number of H-pyrrole nitrogens is 1. The van der Waals surface area contributed by atoms with E-state index in [1.807, 2.05) is 12.5 Å². The zero-order valence-electron chi connectivity index (χ0n) is 8.81. The summed E-state index contributed by atoms with van der Waals surface area (Å²) in [5, 5.41) is 18.1. The van der Waals surface area contributed by atoms with Gasteiger partial charge in [-0.3, -0.25) is 5.10 Å². The highest BCUT2D eigenvalue weighted by molar-refractivity contribution is 7.99. The van der Waals surface area contributed by atoms with Crippen LogP contribution in [-0.2, 0) is 6.42 Å². The maximum absolute atomic E-state index is 8.71. The first kappa shape index (κ1) is 11.2. The third kappa shape index (κ3) is 1.86. The normalized spacial score (nSPS) is 10.6. The quantitative estimate of drug-likeness (QED) is 0.509. The lowest BCUT2D eigenvalue weighted by molar-refractivity contribution is 0.925. The summed E-state index contributed by atoms with van der Waals surface area (Å²) in [6, 6.07) is 2.10. The van der Waals surface area contributed by atoms with Crippen molar-refractivity contribution in [2.45, 2.75) is 16.6 Å². The topological polar surface area (TPSA) is 78.2 Å². The Morgan fingerprint density at radius 3 is 2.75 bits per heavy atom. The van der Waals surface area contributed by atoms with Gasteiger partial charge in [0.2, 0.25) is 0 Å². The first-order valence-corrected chi connectivity index (χ1v) is 6.95. The maximum Gasteiger partial charge on any atom is 0.190 e. The fourth-order valence-corrected chi connectivity index (χ4v) is 2.39. The molecule has 0 aliphatic heterocycles. The fraction of sp³-hybridized carbons (Fsp3) is 0.333. The summed E-state index contributed by atoms with van der Waals surface area (Å²) in [4.78, 5) is 8.69. The second-order valence-electron chi connectivity index (χ2n) is 2.96. The molecule has 2 heterocycles. The van der Waals surface area contributed by atoms with Crippen LogP contribution in [0.3, 0.4) is 0 Å². The van der Waals surface area contributed by atoms with E-state index in [2.05, 4.69) is 26.2 Å². The van der Waals surface area contributed by atoms with Crippen molar-refractivity contribution >= 4 is 34.6 Å². The van der Waals surface area contributed by atoms with E-state index in [-0.39, 0.29) is 0 Å².